The maximum absolute atomic E-state index is 10.3. The van der Waals surface area contributed by atoms with Crippen molar-refractivity contribution in [1.82, 2.24) is 0 Å². The molecule has 0 radical (unpaired) electrons. The molecule has 1 aromatic carbocycles. The summed E-state index contributed by atoms with van der Waals surface area (Å²) in [6.07, 6.45) is 0. The van der Waals surface area contributed by atoms with Crippen LogP contribution in [0, 0.1) is 0 Å². The summed E-state index contributed by atoms with van der Waals surface area (Å²) < 4.78 is 0. The molecule has 11 heavy (non-hydrogen) atoms. The minimum absolute atomic E-state index is 0. The van der Waals surface area contributed by atoms with Crippen LogP contribution in [0.25, 0.3) is 0 Å². The Morgan fingerprint density at radius 3 is 2.27 bits per heavy atom. The van der Waals surface area contributed by atoms with Crippen LogP contribution >= 0.6 is 0 Å². The van der Waals surface area contributed by atoms with Gasteiger partial charge >= 0.3 is 43.7 Å². The summed E-state index contributed by atoms with van der Waals surface area (Å²) in [5.41, 5.74) is -0.0671. The van der Waals surface area contributed by atoms with Gasteiger partial charge in [-0.1, -0.05) is 12.1 Å². The van der Waals surface area contributed by atoms with Crippen molar-refractivity contribution in [1.29, 1.82) is 0 Å². The first-order chi connectivity index (χ1) is 4.72. The number of hydrogen-bond donors (Lipinski definition) is 2. The van der Waals surface area contributed by atoms with Gasteiger partial charge < -0.3 is 13.1 Å². The summed E-state index contributed by atoms with van der Waals surface area (Å²) in [5.74, 6) is -1.31. The molecular weight excluding hydrogens is 172 g/mol. The summed E-state index contributed by atoms with van der Waals surface area (Å²) in [4.78, 5) is 10.3. The smallest absolute Gasteiger partial charge is 1.00 e. The van der Waals surface area contributed by atoms with Crippen LogP contribution in [0.4, 0.5) is 0 Å². The molecule has 2 N–H and O–H groups in total. The monoisotopic (exact) mass is 180 g/mol. The number of rotatable bonds is 1. The molecule has 0 saturated heterocycles. The van der Waals surface area contributed by atoms with Crippen molar-refractivity contribution in [3.05, 3.63) is 29.8 Å². The van der Waals surface area contributed by atoms with Gasteiger partial charge in [-0.3, -0.25) is 0 Å². The second kappa shape index (κ2) is 4.59. The Morgan fingerprint density at radius 2 is 1.91 bits per heavy atom. The molecule has 0 saturated carbocycles. The quantitative estimate of drug-likeness (QED) is 0.632. The van der Waals surface area contributed by atoms with E-state index in [4.69, 9.17) is 10.2 Å². The second-order valence-electron chi connectivity index (χ2n) is 1.82. The number of carboxylic acid groups (broad SMARTS) is 1. The van der Waals surface area contributed by atoms with Crippen LogP contribution in [0.2, 0.25) is 0 Å². The molecule has 0 atom stereocenters. The van der Waals surface area contributed by atoms with E-state index in [1.807, 2.05) is 0 Å². The van der Waals surface area contributed by atoms with Gasteiger partial charge in [0.15, 0.2) is 0 Å². The predicted molar refractivity (Wildman–Crippen MR) is 43.0 cm³/mol. The summed E-state index contributed by atoms with van der Waals surface area (Å²) in [7, 11) is 0. The van der Waals surface area contributed by atoms with Crippen LogP contribution in [0.5, 0.6) is 5.75 Å². The minimum atomic E-state index is -1.11. The second-order valence-corrected chi connectivity index (χ2v) is 1.82. The fourth-order valence-corrected chi connectivity index (χ4v) is 0.654. The van der Waals surface area contributed by atoms with E-state index in [9.17, 15) is 4.79 Å². The molecule has 0 aliphatic heterocycles. The number of benzene rings is 1. The van der Waals surface area contributed by atoms with Crippen molar-refractivity contribution in [3.63, 3.8) is 0 Å². The summed E-state index contributed by atoms with van der Waals surface area (Å²) >= 11 is 0. The molecule has 0 aliphatic carbocycles. The van der Waals surface area contributed by atoms with E-state index in [2.05, 4.69) is 0 Å². The van der Waals surface area contributed by atoms with Gasteiger partial charge in [-0.2, -0.15) is 0 Å². The number of hydrogen-bond acceptors (Lipinski definition) is 2. The van der Waals surface area contributed by atoms with E-state index in [1.165, 1.54) is 12.1 Å². The van der Waals surface area contributed by atoms with Gasteiger partial charge in [-0.05, 0) is 12.1 Å². The first-order valence-corrected chi connectivity index (χ1v) is 2.73. The van der Waals surface area contributed by atoms with Crippen molar-refractivity contribution in [2.45, 2.75) is 0 Å². The van der Waals surface area contributed by atoms with Gasteiger partial charge in [0.05, 0.1) is 0 Å². The molecular formula is C7H8CaO3. The third-order valence-corrected chi connectivity index (χ3v) is 1.13. The van der Waals surface area contributed by atoms with Gasteiger partial charge in [0.1, 0.15) is 11.3 Å². The summed E-state index contributed by atoms with van der Waals surface area (Å²) in [6, 6.07) is 5.81. The number of carboxylic acids is 1. The van der Waals surface area contributed by atoms with E-state index in [1.54, 1.807) is 12.1 Å². The Kier molecular flexibility index (Phi) is 4.49. The van der Waals surface area contributed by atoms with E-state index in [-0.39, 0.29) is 51.9 Å². The largest absolute Gasteiger partial charge is 2.00 e. The first-order valence-electron chi connectivity index (χ1n) is 2.73. The van der Waals surface area contributed by atoms with Gasteiger partial charge in [-0.15, -0.1) is 0 Å². The first kappa shape index (κ1) is 10.7. The third kappa shape index (κ3) is 2.69. The molecule has 1 aromatic rings. The van der Waals surface area contributed by atoms with Crippen molar-refractivity contribution < 1.29 is 17.9 Å². The van der Waals surface area contributed by atoms with Crippen molar-refractivity contribution in [2.75, 3.05) is 0 Å². The molecule has 0 fully saturated rings. The maximum atomic E-state index is 10.3. The normalized spacial score (nSPS) is 8.36. The average Bonchev–Trinajstić information content (AvgIpc) is 1.88. The fraction of sp³-hybridized carbons (Fsp3) is 0. The summed E-state index contributed by atoms with van der Waals surface area (Å²) in [5, 5.41) is 17.3. The van der Waals surface area contributed by atoms with E-state index < -0.39 is 5.97 Å². The van der Waals surface area contributed by atoms with Gasteiger partial charge in [-0.25, -0.2) is 4.79 Å². The van der Waals surface area contributed by atoms with E-state index >= 15 is 0 Å². The molecule has 1 rings (SSSR count). The number of para-hydroxylation sites is 1. The van der Waals surface area contributed by atoms with Crippen molar-refractivity contribution in [2.24, 2.45) is 0 Å². The van der Waals surface area contributed by atoms with Crippen LogP contribution in [-0.2, 0) is 0 Å². The van der Waals surface area contributed by atoms with Crippen LogP contribution in [0.1, 0.15) is 13.2 Å². The van der Waals surface area contributed by atoms with Crippen molar-refractivity contribution >= 4 is 43.7 Å². The molecule has 0 aromatic heterocycles. The number of aromatic hydroxyl groups is 1. The van der Waals surface area contributed by atoms with Gasteiger partial charge in [0.25, 0.3) is 0 Å². The topological polar surface area (TPSA) is 57.5 Å². The fourth-order valence-electron chi connectivity index (χ4n) is 0.654. The van der Waals surface area contributed by atoms with E-state index in [0.29, 0.717) is 0 Å². The SMILES string of the molecule is O=C(O)c1ccccc1O.[Ca+2].[H-].[H-]. The molecule has 0 bridgehead atoms. The van der Waals surface area contributed by atoms with Gasteiger partial charge in [0.2, 0.25) is 0 Å². The Bertz CT molecular complexity index is 268. The molecule has 0 heterocycles. The summed E-state index contributed by atoms with van der Waals surface area (Å²) in [6.45, 7) is 0. The molecule has 56 valence electrons. The standard InChI is InChI=1S/C7H6O3.Ca.2H/c8-6-4-2-1-3-5(6)7(9)10;;;/h1-4,8H,(H,9,10);;;/q;+2;2*-1. The zero-order valence-corrected chi connectivity index (χ0v) is 8.03. The average molecular weight is 180 g/mol. The Morgan fingerprint density at radius 1 is 1.36 bits per heavy atom. The molecule has 0 spiro atoms. The molecule has 0 aliphatic rings. The Labute approximate surface area is 96.6 Å². The zero-order valence-electron chi connectivity index (χ0n) is 7.82. The minimum Gasteiger partial charge on any atom is -1.00 e. The molecule has 4 heteroatoms. The predicted octanol–water partition coefficient (Wildman–Crippen LogP) is 0.935. The maximum Gasteiger partial charge on any atom is 2.00 e. The van der Waals surface area contributed by atoms with Crippen LogP contribution in [0.3, 0.4) is 0 Å². The van der Waals surface area contributed by atoms with Crippen LogP contribution in [0.15, 0.2) is 24.3 Å². The Balaban J connectivity index is -0.000000333. The molecule has 3 nitrogen and oxygen atoms in total. The number of carbonyl (C=O) groups is 1. The Hall–Kier alpha value is -0.250. The van der Waals surface area contributed by atoms with E-state index in [0.717, 1.165) is 0 Å². The third-order valence-electron chi connectivity index (χ3n) is 1.13. The number of aromatic carboxylic acids is 1. The van der Waals surface area contributed by atoms with Crippen molar-refractivity contribution in [3.8, 4) is 5.75 Å². The number of phenols is 1. The molecule has 0 unspecified atom stereocenters. The van der Waals surface area contributed by atoms with Gasteiger partial charge in [0, 0.05) is 0 Å². The van der Waals surface area contributed by atoms with Crippen LogP contribution in [-0.4, -0.2) is 53.9 Å². The van der Waals surface area contributed by atoms with Crippen LogP contribution < -0.4 is 0 Å². The molecule has 0 amide bonds. The zero-order chi connectivity index (χ0) is 7.56.